The molecule has 0 amide bonds. The second-order valence-corrected chi connectivity index (χ2v) is 7.18. The molecule has 0 aromatic heterocycles. The molecule has 6 heteroatoms. The summed E-state index contributed by atoms with van der Waals surface area (Å²) in [5, 5.41) is 10.1. The van der Waals surface area contributed by atoms with Gasteiger partial charge in [-0.3, -0.25) is 4.79 Å². The normalized spacial score (nSPS) is 24.6. The van der Waals surface area contributed by atoms with Crippen molar-refractivity contribution in [2.75, 3.05) is 34.0 Å². The molecule has 2 aliphatic heterocycles. The highest BCUT2D eigenvalue weighted by atomic mass is 16.7. The first-order chi connectivity index (χ1) is 13.1. The molecule has 142 valence electrons. The van der Waals surface area contributed by atoms with E-state index in [0.29, 0.717) is 24.6 Å². The van der Waals surface area contributed by atoms with E-state index in [-0.39, 0.29) is 18.6 Å². The quantitative estimate of drug-likeness (QED) is 0.894. The number of nitrogens with zero attached hydrogens (tertiary/aromatic N) is 1. The fourth-order valence-electron chi connectivity index (χ4n) is 4.22. The van der Waals surface area contributed by atoms with Crippen molar-refractivity contribution in [2.45, 2.75) is 11.8 Å². The molecule has 3 atom stereocenters. The number of likely N-dealkylation sites (N-methyl/N-ethyl adjacent to an activating group) is 1. The van der Waals surface area contributed by atoms with E-state index in [1.807, 2.05) is 49.5 Å². The van der Waals surface area contributed by atoms with Crippen LogP contribution in [0, 0.1) is 5.92 Å². The third kappa shape index (κ3) is 3.32. The van der Waals surface area contributed by atoms with Crippen LogP contribution in [0.4, 0.5) is 0 Å². The molecule has 2 aromatic rings. The van der Waals surface area contributed by atoms with E-state index in [9.17, 15) is 9.90 Å². The number of likely N-dealkylation sites (tertiary alicyclic amines) is 1. The molecule has 2 aromatic carbocycles. The van der Waals surface area contributed by atoms with Crippen molar-refractivity contribution in [3.63, 3.8) is 0 Å². The van der Waals surface area contributed by atoms with Gasteiger partial charge in [0.1, 0.15) is 5.75 Å². The van der Waals surface area contributed by atoms with Crippen LogP contribution in [0.5, 0.6) is 17.2 Å². The van der Waals surface area contributed by atoms with Gasteiger partial charge in [0, 0.05) is 24.9 Å². The van der Waals surface area contributed by atoms with Crippen molar-refractivity contribution >= 4 is 5.97 Å². The van der Waals surface area contributed by atoms with Crippen LogP contribution in [-0.4, -0.2) is 50.0 Å². The minimum absolute atomic E-state index is 0.109. The zero-order valence-corrected chi connectivity index (χ0v) is 15.4. The molecule has 0 aliphatic carbocycles. The van der Waals surface area contributed by atoms with E-state index in [1.165, 1.54) is 0 Å². The third-order valence-electron chi connectivity index (χ3n) is 5.54. The highest BCUT2D eigenvalue weighted by molar-refractivity contribution is 5.73. The number of carboxylic acids is 1. The SMILES string of the molecule is COc1ccc(C2CN(C)CC(c3ccc4c(c3)OCO4)C2C(=O)O)cc1. The number of hydrogen-bond acceptors (Lipinski definition) is 5. The van der Waals surface area contributed by atoms with Crippen LogP contribution in [0.2, 0.25) is 0 Å². The lowest BCUT2D eigenvalue weighted by Gasteiger charge is -2.41. The van der Waals surface area contributed by atoms with Gasteiger partial charge in [-0.25, -0.2) is 0 Å². The Kier molecular flexibility index (Phi) is 4.66. The average Bonchev–Trinajstić information content (AvgIpc) is 3.15. The van der Waals surface area contributed by atoms with Crippen LogP contribution >= 0.6 is 0 Å². The number of fused-ring (bicyclic) bond motifs is 1. The molecule has 1 N–H and O–H groups in total. The molecule has 2 heterocycles. The Morgan fingerprint density at radius 2 is 1.67 bits per heavy atom. The number of methoxy groups -OCH3 is 1. The molecule has 3 unspecified atom stereocenters. The third-order valence-corrected chi connectivity index (χ3v) is 5.54. The molecule has 2 aliphatic rings. The second kappa shape index (κ2) is 7.12. The van der Waals surface area contributed by atoms with Gasteiger partial charge in [0.05, 0.1) is 13.0 Å². The summed E-state index contributed by atoms with van der Waals surface area (Å²) >= 11 is 0. The maximum Gasteiger partial charge on any atom is 0.307 e. The summed E-state index contributed by atoms with van der Waals surface area (Å²) in [5.41, 5.74) is 1.98. The molecular weight excluding hydrogens is 346 g/mol. The summed E-state index contributed by atoms with van der Waals surface area (Å²) in [6, 6.07) is 13.5. The van der Waals surface area contributed by atoms with Crippen molar-refractivity contribution in [3.8, 4) is 17.2 Å². The van der Waals surface area contributed by atoms with Gasteiger partial charge in [-0.1, -0.05) is 18.2 Å². The van der Waals surface area contributed by atoms with Crippen LogP contribution in [0.3, 0.4) is 0 Å². The maximum absolute atomic E-state index is 12.3. The standard InChI is InChI=1S/C21H23NO5/c1-22-10-16(13-3-6-15(25-2)7-4-13)20(21(23)24)17(11-22)14-5-8-18-19(9-14)27-12-26-18/h3-9,16-17,20H,10-12H2,1-2H3,(H,23,24). The van der Waals surface area contributed by atoms with Crippen LogP contribution in [0.25, 0.3) is 0 Å². The van der Waals surface area contributed by atoms with E-state index in [1.54, 1.807) is 7.11 Å². The van der Waals surface area contributed by atoms with E-state index in [0.717, 1.165) is 16.9 Å². The van der Waals surface area contributed by atoms with Gasteiger partial charge in [-0.05, 0) is 42.4 Å². The number of benzene rings is 2. The highest BCUT2D eigenvalue weighted by Gasteiger charge is 2.42. The predicted molar refractivity (Wildman–Crippen MR) is 99.7 cm³/mol. The lowest BCUT2D eigenvalue weighted by Crippen LogP contribution is -2.45. The van der Waals surface area contributed by atoms with E-state index in [2.05, 4.69) is 4.90 Å². The fourth-order valence-corrected chi connectivity index (χ4v) is 4.22. The Morgan fingerprint density at radius 1 is 1.04 bits per heavy atom. The smallest absolute Gasteiger partial charge is 0.307 e. The van der Waals surface area contributed by atoms with Crippen molar-refractivity contribution < 1.29 is 24.1 Å². The number of ether oxygens (including phenoxy) is 3. The van der Waals surface area contributed by atoms with Crippen LogP contribution in [0.1, 0.15) is 23.0 Å². The Bertz CT molecular complexity index is 835. The van der Waals surface area contributed by atoms with E-state index in [4.69, 9.17) is 14.2 Å². The second-order valence-electron chi connectivity index (χ2n) is 7.18. The first kappa shape index (κ1) is 17.7. The molecule has 4 rings (SSSR count). The van der Waals surface area contributed by atoms with Crippen LogP contribution < -0.4 is 14.2 Å². The maximum atomic E-state index is 12.3. The summed E-state index contributed by atoms with van der Waals surface area (Å²) in [6.07, 6.45) is 0. The zero-order chi connectivity index (χ0) is 19.0. The van der Waals surface area contributed by atoms with Gasteiger partial charge in [0.25, 0.3) is 0 Å². The van der Waals surface area contributed by atoms with Crippen LogP contribution in [0.15, 0.2) is 42.5 Å². The summed E-state index contributed by atoms with van der Waals surface area (Å²) in [7, 11) is 3.66. The Hall–Kier alpha value is -2.73. The monoisotopic (exact) mass is 369 g/mol. The first-order valence-electron chi connectivity index (χ1n) is 9.01. The predicted octanol–water partition coefficient (Wildman–Crippen LogP) is 2.94. The molecule has 0 radical (unpaired) electrons. The van der Waals surface area contributed by atoms with E-state index >= 15 is 0 Å². The van der Waals surface area contributed by atoms with Gasteiger partial charge < -0.3 is 24.2 Å². The Morgan fingerprint density at radius 3 is 2.33 bits per heavy atom. The fraction of sp³-hybridized carbons (Fsp3) is 0.381. The molecular formula is C21H23NO5. The lowest BCUT2D eigenvalue weighted by molar-refractivity contribution is -0.145. The molecule has 27 heavy (non-hydrogen) atoms. The molecule has 1 saturated heterocycles. The van der Waals surface area contributed by atoms with Crippen molar-refractivity contribution in [1.29, 1.82) is 0 Å². The zero-order valence-electron chi connectivity index (χ0n) is 15.4. The number of piperidine rings is 1. The molecule has 0 spiro atoms. The number of hydrogen-bond donors (Lipinski definition) is 1. The number of rotatable bonds is 4. The Labute approximate surface area is 158 Å². The molecule has 0 saturated carbocycles. The van der Waals surface area contributed by atoms with Crippen molar-refractivity contribution in [1.82, 2.24) is 4.90 Å². The van der Waals surface area contributed by atoms with Gasteiger partial charge in [0.2, 0.25) is 6.79 Å². The van der Waals surface area contributed by atoms with Crippen molar-refractivity contribution in [2.24, 2.45) is 5.92 Å². The number of carbonyl (C=O) groups is 1. The van der Waals surface area contributed by atoms with Gasteiger partial charge in [0.15, 0.2) is 11.5 Å². The molecule has 1 fully saturated rings. The van der Waals surface area contributed by atoms with Gasteiger partial charge >= 0.3 is 5.97 Å². The summed E-state index contributed by atoms with van der Waals surface area (Å²) in [6.45, 7) is 1.59. The van der Waals surface area contributed by atoms with Gasteiger partial charge in [-0.15, -0.1) is 0 Å². The largest absolute Gasteiger partial charge is 0.497 e. The number of carboxylic acid groups (broad SMARTS) is 1. The van der Waals surface area contributed by atoms with Crippen LogP contribution in [-0.2, 0) is 4.79 Å². The first-order valence-corrected chi connectivity index (χ1v) is 9.01. The minimum atomic E-state index is -0.772. The molecule has 0 bridgehead atoms. The summed E-state index contributed by atoms with van der Waals surface area (Å²) < 4.78 is 16.1. The number of aliphatic carboxylic acids is 1. The van der Waals surface area contributed by atoms with E-state index < -0.39 is 11.9 Å². The topological polar surface area (TPSA) is 68.2 Å². The summed E-state index contributed by atoms with van der Waals surface area (Å²) in [4.78, 5) is 14.5. The van der Waals surface area contributed by atoms with Crippen molar-refractivity contribution in [3.05, 3.63) is 53.6 Å². The summed E-state index contributed by atoms with van der Waals surface area (Å²) in [5.74, 6) is 0.626. The minimum Gasteiger partial charge on any atom is -0.497 e. The molecule has 6 nitrogen and oxygen atoms in total. The Balaban J connectivity index is 1.70. The lowest BCUT2D eigenvalue weighted by atomic mass is 9.72. The van der Waals surface area contributed by atoms with Gasteiger partial charge in [-0.2, -0.15) is 0 Å². The highest BCUT2D eigenvalue weighted by Crippen LogP contribution is 2.44. The average molecular weight is 369 g/mol.